The smallest absolute Gasteiger partial charge is 0.418 e. The zero-order valence-corrected chi connectivity index (χ0v) is 22.1. The maximum atomic E-state index is 14.1. The number of carbonyl (C=O) groups is 3. The number of hydrogen-bond acceptors (Lipinski definition) is 6. The lowest BCUT2D eigenvalue weighted by atomic mass is 9.96. The van der Waals surface area contributed by atoms with Gasteiger partial charge in [0, 0.05) is 45.2 Å². The van der Waals surface area contributed by atoms with Crippen LogP contribution in [0, 0.1) is 0 Å². The molecule has 0 spiro atoms. The number of hydrogen-bond donors (Lipinski definition) is 2. The van der Waals surface area contributed by atoms with Gasteiger partial charge in [0.25, 0.3) is 11.8 Å². The van der Waals surface area contributed by atoms with Crippen molar-refractivity contribution in [2.75, 3.05) is 36.5 Å². The maximum absolute atomic E-state index is 14.1. The van der Waals surface area contributed by atoms with Crippen molar-refractivity contribution in [3.8, 4) is 5.75 Å². The average molecular weight is 551 g/mol. The number of alkyl halides is 5. The van der Waals surface area contributed by atoms with E-state index in [1.807, 2.05) is 19.2 Å². The van der Waals surface area contributed by atoms with Gasteiger partial charge < -0.3 is 30.0 Å². The summed E-state index contributed by atoms with van der Waals surface area (Å²) in [6, 6.07) is 1.69. The molecule has 1 fully saturated rings. The Morgan fingerprint density at radius 2 is 1.95 bits per heavy atom. The van der Waals surface area contributed by atoms with Gasteiger partial charge in [-0.2, -0.15) is 22.0 Å². The van der Waals surface area contributed by atoms with Crippen molar-refractivity contribution in [3.05, 3.63) is 17.7 Å². The minimum atomic E-state index is -4.73. The van der Waals surface area contributed by atoms with Crippen LogP contribution in [0.5, 0.6) is 5.75 Å². The molecule has 1 aromatic carbocycles. The third-order valence-corrected chi connectivity index (χ3v) is 6.43. The van der Waals surface area contributed by atoms with Crippen LogP contribution in [0.15, 0.2) is 12.1 Å². The second kappa shape index (κ2) is 12.7. The van der Waals surface area contributed by atoms with E-state index in [0.717, 1.165) is 17.3 Å². The first-order valence-corrected chi connectivity index (χ1v) is 12.5. The number of nitrogens with zero attached hydrogens (tertiary/aromatic N) is 2. The molecule has 2 aliphatic heterocycles. The van der Waals surface area contributed by atoms with E-state index in [-0.39, 0.29) is 42.3 Å². The van der Waals surface area contributed by atoms with E-state index < -0.39 is 35.6 Å². The lowest BCUT2D eigenvalue weighted by molar-refractivity contribution is -0.137. The lowest BCUT2D eigenvalue weighted by Crippen LogP contribution is -2.54. The second-order valence-electron chi connectivity index (χ2n) is 9.35. The standard InChI is InChI=1S/C23H29F5N4O4.C2H6/c1-22(2)21(35)32(8-7-29-20(34)19(24)25)17-11-16(15(23(26,27)28)10-18(17)36-22)31(3)14-5-4-13(6-9-33)30-12-14;1-2/h9-11,13-14,19,30H,4-8,12H2,1-3H3,(H,29,34);1-2H3/t13-,14-;/m1./s1. The van der Waals surface area contributed by atoms with E-state index in [4.69, 9.17) is 4.74 Å². The van der Waals surface area contributed by atoms with Gasteiger partial charge in [-0.1, -0.05) is 13.8 Å². The highest BCUT2D eigenvalue weighted by molar-refractivity contribution is 6.03. The molecule has 0 unspecified atom stereocenters. The van der Waals surface area contributed by atoms with Crippen molar-refractivity contribution in [1.29, 1.82) is 0 Å². The van der Waals surface area contributed by atoms with E-state index >= 15 is 0 Å². The number of fused-ring (bicyclic) bond motifs is 1. The van der Waals surface area contributed by atoms with Crippen molar-refractivity contribution < 1.29 is 41.1 Å². The van der Waals surface area contributed by atoms with Crippen LogP contribution >= 0.6 is 0 Å². The summed E-state index contributed by atoms with van der Waals surface area (Å²) in [6.07, 6.45) is -5.71. The highest BCUT2D eigenvalue weighted by atomic mass is 19.4. The second-order valence-corrected chi connectivity index (χ2v) is 9.35. The van der Waals surface area contributed by atoms with Crippen molar-refractivity contribution in [2.45, 2.75) is 77.2 Å². The number of benzene rings is 1. The van der Waals surface area contributed by atoms with Crippen LogP contribution in [0.1, 0.15) is 52.5 Å². The van der Waals surface area contributed by atoms with E-state index in [1.165, 1.54) is 31.9 Å². The number of ether oxygens (including phenoxy) is 1. The van der Waals surface area contributed by atoms with Crippen molar-refractivity contribution in [3.63, 3.8) is 0 Å². The molecular formula is C25H35F5N4O4. The molecule has 38 heavy (non-hydrogen) atoms. The Labute approximate surface area is 218 Å². The van der Waals surface area contributed by atoms with E-state index in [1.54, 1.807) is 0 Å². The summed E-state index contributed by atoms with van der Waals surface area (Å²) in [5.74, 6) is -2.29. The molecule has 1 aromatic rings. The summed E-state index contributed by atoms with van der Waals surface area (Å²) < 4.78 is 73.0. The summed E-state index contributed by atoms with van der Waals surface area (Å²) in [5, 5.41) is 5.17. The molecule has 2 amide bonds. The number of aldehydes is 1. The number of halogens is 5. The van der Waals surface area contributed by atoms with Crippen LogP contribution in [-0.4, -0.2) is 68.9 Å². The molecule has 0 radical (unpaired) electrons. The molecule has 2 aliphatic rings. The van der Waals surface area contributed by atoms with Gasteiger partial charge in [0.05, 0.1) is 16.9 Å². The predicted octanol–water partition coefficient (Wildman–Crippen LogP) is 3.76. The minimum absolute atomic E-state index is 0.0371. The van der Waals surface area contributed by atoms with Crippen LogP contribution in [0.25, 0.3) is 0 Å². The van der Waals surface area contributed by atoms with Crippen molar-refractivity contribution >= 4 is 29.5 Å². The maximum Gasteiger partial charge on any atom is 0.418 e. The van der Waals surface area contributed by atoms with Gasteiger partial charge in [-0.25, -0.2) is 0 Å². The molecule has 2 atom stereocenters. The molecule has 8 nitrogen and oxygen atoms in total. The minimum Gasteiger partial charge on any atom is -0.476 e. The molecule has 0 aromatic heterocycles. The summed E-state index contributed by atoms with van der Waals surface area (Å²) >= 11 is 0. The number of piperidine rings is 1. The number of likely N-dealkylation sites (N-methyl/N-ethyl adjacent to an activating group) is 1. The van der Waals surface area contributed by atoms with Crippen molar-refractivity contribution in [1.82, 2.24) is 10.6 Å². The summed E-state index contributed by atoms with van der Waals surface area (Å²) in [6.45, 7) is 6.56. The normalized spacial score (nSPS) is 20.6. The Bertz CT molecular complexity index is 995. The van der Waals surface area contributed by atoms with Gasteiger partial charge in [-0.3, -0.25) is 9.59 Å². The molecule has 1 saturated heterocycles. The summed E-state index contributed by atoms with van der Waals surface area (Å²) in [5.41, 5.74) is -2.60. The first-order valence-electron chi connectivity index (χ1n) is 12.5. The SMILES string of the molecule is CC.CN(c1cc2c(cc1C(F)(F)F)OC(C)(C)C(=O)N2CCNC(=O)C(F)F)[C@@H]1CC[C@H](CC=O)NC1. The zero-order chi connectivity index (χ0) is 28.8. The Morgan fingerprint density at radius 3 is 2.47 bits per heavy atom. The molecule has 13 heteroatoms. The zero-order valence-electron chi connectivity index (χ0n) is 22.1. The van der Waals surface area contributed by atoms with Gasteiger partial charge in [0.2, 0.25) is 0 Å². The number of carbonyl (C=O) groups excluding carboxylic acids is 3. The van der Waals surface area contributed by atoms with Crippen LogP contribution in [0.3, 0.4) is 0 Å². The van der Waals surface area contributed by atoms with Crippen LogP contribution in [0.2, 0.25) is 0 Å². The molecule has 2 heterocycles. The number of rotatable bonds is 8. The molecule has 3 rings (SSSR count). The van der Waals surface area contributed by atoms with E-state index in [9.17, 15) is 36.3 Å². The van der Waals surface area contributed by atoms with Crippen LogP contribution < -0.4 is 25.2 Å². The number of anilines is 2. The average Bonchev–Trinajstić information content (AvgIpc) is 2.86. The molecule has 0 saturated carbocycles. The highest BCUT2D eigenvalue weighted by Gasteiger charge is 2.44. The topological polar surface area (TPSA) is 91.0 Å². The van der Waals surface area contributed by atoms with E-state index in [2.05, 4.69) is 5.32 Å². The molecule has 0 bridgehead atoms. The molecule has 0 aliphatic carbocycles. The first kappa shape index (κ1) is 31.3. The van der Waals surface area contributed by atoms with Gasteiger partial charge in [-0.05, 0) is 38.8 Å². The third kappa shape index (κ3) is 7.12. The van der Waals surface area contributed by atoms with Gasteiger partial charge in [0.1, 0.15) is 12.0 Å². The Balaban J connectivity index is 0.00000247. The number of nitrogens with one attached hydrogen (secondary N) is 2. The van der Waals surface area contributed by atoms with E-state index in [0.29, 0.717) is 25.8 Å². The number of amides is 2. The van der Waals surface area contributed by atoms with Crippen molar-refractivity contribution in [2.24, 2.45) is 0 Å². The summed E-state index contributed by atoms with van der Waals surface area (Å²) in [7, 11) is 1.52. The van der Waals surface area contributed by atoms with Gasteiger partial charge in [-0.15, -0.1) is 0 Å². The first-order chi connectivity index (χ1) is 17.8. The fourth-order valence-electron chi connectivity index (χ4n) is 4.46. The fraction of sp³-hybridized carbons (Fsp3) is 0.640. The largest absolute Gasteiger partial charge is 0.476 e. The molecular weight excluding hydrogens is 515 g/mol. The monoisotopic (exact) mass is 550 g/mol. The van der Waals surface area contributed by atoms with Gasteiger partial charge in [0.15, 0.2) is 5.60 Å². The molecule has 214 valence electrons. The summed E-state index contributed by atoms with van der Waals surface area (Å²) in [4.78, 5) is 37.7. The third-order valence-electron chi connectivity index (χ3n) is 6.43. The Hall–Kier alpha value is -2.96. The van der Waals surface area contributed by atoms with Crippen LogP contribution in [0.4, 0.5) is 33.3 Å². The van der Waals surface area contributed by atoms with Crippen LogP contribution in [-0.2, 0) is 20.6 Å². The molecule has 2 N–H and O–H groups in total. The Morgan fingerprint density at radius 1 is 1.29 bits per heavy atom. The Kier molecular flexibility index (Phi) is 10.5. The highest BCUT2D eigenvalue weighted by Crippen LogP contribution is 2.47. The quantitative estimate of drug-likeness (QED) is 0.379. The van der Waals surface area contributed by atoms with Gasteiger partial charge >= 0.3 is 12.6 Å². The lowest BCUT2D eigenvalue weighted by Gasteiger charge is -2.41. The fourth-order valence-corrected chi connectivity index (χ4v) is 4.46. The predicted molar refractivity (Wildman–Crippen MR) is 133 cm³/mol.